The lowest BCUT2D eigenvalue weighted by Crippen LogP contribution is -2.17. The van der Waals surface area contributed by atoms with E-state index in [1.165, 1.54) is 0 Å². The molecule has 2 N–H and O–H groups in total. The lowest BCUT2D eigenvalue weighted by Gasteiger charge is -2.14. The van der Waals surface area contributed by atoms with Gasteiger partial charge in [0.25, 0.3) is 0 Å². The molecule has 0 spiro atoms. The third-order valence-electron chi connectivity index (χ3n) is 3.11. The highest BCUT2D eigenvalue weighted by Crippen LogP contribution is 2.20. The molecule has 106 valence electrons. The number of fused-ring (bicyclic) bond motifs is 1. The monoisotopic (exact) mass is 274 g/mol. The Kier molecular flexibility index (Phi) is 4.53. The Morgan fingerprint density at radius 3 is 2.90 bits per heavy atom. The summed E-state index contributed by atoms with van der Waals surface area (Å²) in [7, 11) is 1.68. The van der Waals surface area contributed by atoms with Gasteiger partial charge in [-0.25, -0.2) is 9.78 Å². The van der Waals surface area contributed by atoms with Crippen molar-refractivity contribution in [2.24, 2.45) is 0 Å². The number of hydrogen-bond donors (Lipinski definition) is 2. The van der Waals surface area contributed by atoms with Crippen molar-refractivity contribution in [3.8, 4) is 0 Å². The van der Waals surface area contributed by atoms with E-state index in [4.69, 9.17) is 9.84 Å². The molecule has 5 heteroatoms. The van der Waals surface area contributed by atoms with Crippen LogP contribution in [-0.4, -0.2) is 35.8 Å². The summed E-state index contributed by atoms with van der Waals surface area (Å²) in [6.45, 7) is 2.74. The molecule has 0 radical (unpaired) electrons. The van der Waals surface area contributed by atoms with Crippen LogP contribution in [0, 0.1) is 0 Å². The lowest BCUT2D eigenvalue weighted by atomic mass is 10.1. The molecule has 1 heterocycles. The van der Waals surface area contributed by atoms with Crippen molar-refractivity contribution in [1.29, 1.82) is 0 Å². The maximum absolute atomic E-state index is 11.1. The van der Waals surface area contributed by atoms with Gasteiger partial charge in [0, 0.05) is 25.1 Å². The molecule has 0 aliphatic heterocycles. The van der Waals surface area contributed by atoms with Crippen molar-refractivity contribution < 1.29 is 14.6 Å². The Balaban J connectivity index is 2.24. The van der Waals surface area contributed by atoms with E-state index in [0.29, 0.717) is 17.5 Å². The van der Waals surface area contributed by atoms with Crippen LogP contribution in [0.5, 0.6) is 0 Å². The van der Waals surface area contributed by atoms with Crippen molar-refractivity contribution in [3.05, 3.63) is 35.9 Å². The predicted octanol–water partition coefficient (Wildman–Crippen LogP) is 2.77. The maximum atomic E-state index is 11.1. The smallest absolute Gasteiger partial charge is 0.336 e. The number of anilines is 1. The number of nitrogens with zero attached hydrogens (tertiary/aromatic N) is 1. The Morgan fingerprint density at radius 1 is 1.40 bits per heavy atom. The fourth-order valence-electron chi connectivity index (χ4n) is 2.04. The minimum Gasteiger partial charge on any atom is -0.478 e. The highest BCUT2D eigenvalue weighted by molar-refractivity contribution is 6.02. The summed E-state index contributed by atoms with van der Waals surface area (Å²) in [5.74, 6) is -0.199. The predicted molar refractivity (Wildman–Crippen MR) is 78.3 cm³/mol. The van der Waals surface area contributed by atoms with Crippen LogP contribution >= 0.6 is 0 Å². The Bertz CT molecular complexity index is 613. The van der Waals surface area contributed by atoms with Gasteiger partial charge in [-0.05, 0) is 37.6 Å². The van der Waals surface area contributed by atoms with Gasteiger partial charge in [0.05, 0.1) is 11.1 Å². The number of nitrogens with one attached hydrogen (secondary N) is 1. The van der Waals surface area contributed by atoms with E-state index in [9.17, 15) is 4.79 Å². The van der Waals surface area contributed by atoms with E-state index in [1.54, 1.807) is 31.4 Å². The molecule has 1 unspecified atom stereocenters. The van der Waals surface area contributed by atoms with Crippen LogP contribution in [0.4, 0.5) is 5.82 Å². The first-order valence-corrected chi connectivity index (χ1v) is 6.50. The van der Waals surface area contributed by atoms with Gasteiger partial charge in [0.2, 0.25) is 0 Å². The molecule has 0 saturated carbocycles. The van der Waals surface area contributed by atoms with Gasteiger partial charge in [-0.15, -0.1) is 0 Å². The van der Waals surface area contributed by atoms with Crippen LogP contribution < -0.4 is 5.32 Å². The number of rotatable bonds is 6. The van der Waals surface area contributed by atoms with Gasteiger partial charge in [-0.3, -0.25) is 0 Å². The van der Waals surface area contributed by atoms with E-state index in [0.717, 1.165) is 12.2 Å². The van der Waals surface area contributed by atoms with Gasteiger partial charge in [-0.1, -0.05) is 6.07 Å². The molecule has 5 nitrogen and oxygen atoms in total. The zero-order chi connectivity index (χ0) is 14.5. The molecule has 1 atom stereocenters. The van der Waals surface area contributed by atoms with Gasteiger partial charge in [-0.2, -0.15) is 0 Å². The number of ether oxygens (including phenoxy) is 1. The second-order valence-corrected chi connectivity index (χ2v) is 4.70. The number of carbonyl (C=O) groups is 1. The molecule has 0 saturated heterocycles. The first-order valence-electron chi connectivity index (χ1n) is 6.50. The summed E-state index contributed by atoms with van der Waals surface area (Å²) in [5.41, 5.74) is 0.947. The quantitative estimate of drug-likeness (QED) is 0.847. The van der Waals surface area contributed by atoms with Crippen LogP contribution in [-0.2, 0) is 4.74 Å². The minimum atomic E-state index is -0.938. The number of benzene rings is 1. The fraction of sp³-hybridized carbons (Fsp3) is 0.333. The molecular weight excluding hydrogens is 256 g/mol. The summed E-state index contributed by atoms with van der Waals surface area (Å²) in [6, 6.07) is 8.93. The summed E-state index contributed by atoms with van der Waals surface area (Å²) in [6.07, 6.45) is 0.880. The number of pyridine rings is 1. The maximum Gasteiger partial charge on any atom is 0.336 e. The number of methoxy groups -OCH3 is 1. The molecule has 2 rings (SSSR count). The van der Waals surface area contributed by atoms with E-state index in [2.05, 4.69) is 17.2 Å². The first-order chi connectivity index (χ1) is 9.61. The van der Waals surface area contributed by atoms with E-state index < -0.39 is 5.97 Å². The molecule has 1 aromatic heterocycles. The fourth-order valence-corrected chi connectivity index (χ4v) is 2.04. The second-order valence-electron chi connectivity index (χ2n) is 4.70. The Morgan fingerprint density at radius 2 is 2.20 bits per heavy atom. The van der Waals surface area contributed by atoms with Gasteiger partial charge in [0.1, 0.15) is 5.82 Å². The molecule has 0 fully saturated rings. The topological polar surface area (TPSA) is 71.5 Å². The molecule has 0 aliphatic rings. The van der Waals surface area contributed by atoms with E-state index >= 15 is 0 Å². The van der Waals surface area contributed by atoms with Crippen molar-refractivity contribution in [2.45, 2.75) is 19.4 Å². The van der Waals surface area contributed by atoms with Crippen LogP contribution in [0.15, 0.2) is 30.3 Å². The number of carboxylic acids is 1. The average molecular weight is 274 g/mol. The number of aromatic carboxylic acids is 1. The highest BCUT2D eigenvalue weighted by Gasteiger charge is 2.09. The number of carboxylic acid groups (broad SMARTS) is 1. The normalized spacial score (nSPS) is 12.3. The zero-order valence-electron chi connectivity index (χ0n) is 11.6. The third kappa shape index (κ3) is 3.24. The first kappa shape index (κ1) is 14.3. The summed E-state index contributed by atoms with van der Waals surface area (Å²) in [4.78, 5) is 15.6. The molecule has 20 heavy (non-hydrogen) atoms. The van der Waals surface area contributed by atoms with Crippen molar-refractivity contribution in [1.82, 2.24) is 4.98 Å². The van der Waals surface area contributed by atoms with Crippen molar-refractivity contribution in [2.75, 3.05) is 19.0 Å². The third-order valence-corrected chi connectivity index (χ3v) is 3.11. The molecule has 0 bridgehead atoms. The van der Waals surface area contributed by atoms with E-state index in [1.807, 2.05) is 6.07 Å². The Hall–Kier alpha value is -2.14. The van der Waals surface area contributed by atoms with Crippen LogP contribution in [0.25, 0.3) is 10.9 Å². The van der Waals surface area contributed by atoms with Crippen molar-refractivity contribution >= 4 is 22.7 Å². The molecule has 1 aromatic carbocycles. The highest BCUT2D eigenvalue weighted by atomic mass is 16.5. The number of aromatic nitrogens is 1. The molecule has 0 amide bonds. The summed E-state index contributed by atoms with van der Waals surface area (Å²) < 4.78 is 5.04. The molecular formula is C15H18N2O3. The van der Waals surface area contributed by atoms with Crippen LogP contribution in [0.3, 0.4) is 0 Å². The average Bonchev–Trinajstić information content (AvgIpc) is 2.44. The standard InChI is InChI=1S/C15H18N2O3/c1-10(8-9-20-2)16-14-7-6-11-12(15(18)19)4-3-5-13(11)17-14/h3-7,10H,8-9H2,1-2H3,(H,16,17)(H,18,19). The largest absolute Gasteiger partial charge is 0.478 e. The summed E-state index contributed by atoms with van der Waals surface area (Å²) >= 11 is 0. The Labute approximate surface area is 117 Å². The van der Waals surface area contributed by atoms with Crippen LogP contribution in [0.1, 0.15) is 23.7 Å². The van der Waals surface area contributed by atoms with E-state index in [-0.39, 0.29) is 11.6 Å². The zero-order valence-corrected chi connectivity index (χ0v) is 11.6. The molecule has 2 aromatic rings. The minimum absolute atomic E-state index is 0.238. The van der Waals surface area contributed by atoms with Crippen LogP contribution in [0.2, 0.25) is 0 Å². The summed E-state index contributed by atoms with van der Waals surface area (Å²) in [5, 5.41) is 13.1. The van der Waals surface area contributed by atoms with Crippen molar-refractivity contribution in [3.63, 3.8) is 0 Å². The number of hydrogen-bond acceptors (Lipinski definition) is 4. The lowest BCUT2D eigenvalue weighted by molar-refractivity contribution is 0.0699. The van der Waals surface area contributed by atoms with Gasteiger partial charge >= 0.3 is 5.97 Å². The molecule has 0 aliphatic carbocycles. The van der Waals surface area contributed by atoms with Gasteiger partial charge in [0.15, 0.2) is 0 Å². The SMILES string of the molecule is COCCC(C)Nc1ccc2c(C(=O)O)cccc2n1. The second kappa shape index (κ2) is 6.34. The van der Waals surface area contributed by atoms with Gasteiger partial charge < -0.3 is 15.2 Å².